The van der Waals surface area contributed by atoms with E-state index in [0.29, 0.717) is 17.7 Å². The molecule has 0 aliphatic heterocycles. The van der Waals surface area contributed by atoms with Gasteiger partial charge in [-0.15, -0.1) is 0 Å². The summed E-state index contributed by atoms with van der Waals surface area (Å²) in [6, 6.07) is 13.6. The molecule has 1 aliphatic carbocycles. The van der Waals surface area contributed by atoms with Crippen LogP contribution >= 0.6 is 0 Å². The van der Waals surface area contributed by atoms with Crippen molar-refractivity contribution < 1.29 is 19.4 Å². The van der Waals surface area contributed by atoms with Crippen LogP contribution in [-0.4, -0.2) is 17.0 Å². The zero-order chi connectivity index (χ0) is 14.8. The Morgan fingerprint density at radius 1 is 1.00 bits per heavy atom. The Kier molecular flexibility index (Phi) is 3.28. The number of carboxylic acid groups (broad SMARTS) is 1. The van der Waals surface area contributed by atoms with Gasteiger partial charge in [0.25, 0.3) is 0 Å². The minimum absolute atomic E-state index is 0.155. The molecule has 0 atom stereocenters. The second kappa shape index (κ2) is 5.25. The van der Waals surface area contributed by atoms with Crippen molar-refractivity contribution in [3.05, 3.63) is 70.8 Å². The predicted molar refractivity (Wildman–Crippen MR) is 77.2 cm³/mol. The van der Waals surface area contributed by atoms with Crippen molar-refractivity contribution in [3.8, 4) is 5.75 Å². The number of esters is 1. The Balaban J connectivity index is 1.72. The fourth-order valence-electron chi connectivity index (χ4n) is 2.25. The van der Waals surface area contributed by atoms with Gasteiger partial charge < -0.3 is 9.84 Å². The molecule has 4 heteroatoms. The van der Waals surface area contributed by atoms with Gasteiger partial charge in [0, 0.05) is 12.0 Å². The molecule has 0 saturated heterocycles. The number of benzene rings is 2. The summed E-state index contributed by atoms with van der Waals surface area (Å²) >= 11 is 0. The number of rotatable bonds is 3. The van der Waals surface area contributed by atoms with Crippen LogP contribution in [0.15, 0.2) is 54.1 Å². The second-order valence-electron chi connectivity index (χ2n) is 4.76. The third-order valence-corrected chi connectivity index (χ3v) is 3.34. The molecule has 0 amide bonds. The molecule has 4 nitrogen and oxygen atoms in total. The summed E-state index contributed by atoms with van der Waals surface area (Å²) in [6.45, 7) is 0. The highest BCUT2D eigenvalue weighted by Gasteiger charge is 2.19. The van der Waals surface area contributed by atoms with Crippen molar-refractivity contribution in [2.45, 2.75) is 6.42 Å². The zero-order valence-electron chi connectivity index (χ0n) is 11.1. The normalized spacial score (nSPS) is 12.5. The molecule has 0 bridgehead atoms. The molecule has 21 heavy (non-hydrogen) atoms. The molecular formula is C17H12O4. The molecule has 0 unspecified atom stereocenters. The highest BCUT2D eigenvalue weighted by atomic mass is 16.5. The van der Waals surface area contributed by atoms with E-state index in [1.165, 1.54) is 24.3 Å². The molecule has 0 saturated carbocycles. The summed E-state index contributed by atoms with van der Waals surface area (Å²) < 4.78 is 5.26. The summed E-state index contributed by atoms with van der Waals surface area (Å²) in [7, 11) is 0. The van der Waals surface area contributed by atoms with E-state index >= 15 is 0 Å². The molecule has 2 aromatic carbocycles. The van der Waals surface area contributed by atoms with Gasteiger partial charge in [0.05, 0.1) is 5.56 Å². The molecular weight excluding hydrogens is 268 g/mol. The van der Waals surface area contributed by atoms with E-state index < -0.39 is 11.9 Å². The van der Waals surface area contributed by atoms with Crippen LogP contribution in [-0.2, 0) is 11.2 Å². The topological polar surface area (TPSA) is 63.6 Å². The standard InChI is InChI=1S/C17H12O4/c18-16(19)11-5-7-15(8-6-11)21-17(20)14-9-12-3-1-2-4-13(12)10-14/h1-9H,10H2,(H,18,19). The van der Waals surface area contributed by atoms with Crippen LogP contribution in [0.3, 0.4) is 0 Å². The van der Waals surface area contributed by atoms with Gasteiger partial charge in [0.2, 0.25) is 0 Å². The van der Waals surface area contributed by atoms with E-state index in [4.69, 9.17) is 9.84 Å². The first kappa shape index (κ1) is 13.1. The monoisotopic (exact) mass is 280 g/mol. The molecule has 1 N–H and O–H groups in total. The molecule has 0 fully saturated rings. The second-order valence-corrected chi connectivity index (χ2v) is 4.76. The lowest BCUT2D eigenvalue weighted by atomic mass is 10.1. The maximum absolute atomic E-state index is 12.1. The lowest BCUT2D eigenvalue weighted by Gasteiger charge is -2.05. The van der Waals surface area contributed by atoms with Gasteiger partial charge in [-0.3, -0.25) is 0 Å². The van der Waals surface area contributed by atoms with Crippen molar-refractivity contribution in [2.24, 2.45) is 0 Å². The Labute approximate surface area is 121 Å². The van der Waals surface area contributed by atoms with E-state index in [2.05, 4.69) is 0 Å². The van der Waals surface area contributed by atoms with Crippen LogP contribution in [0.2, 0.25) is 0 Å². The van der Waals surface area contributed by atoms with E-state index in [1.807, 2.05) is 30.3 Å². The fourth-order valence-corrected chi connectivity index (χ4v) is 2.25. The summed E-state index contributed by atoms with van der Waals surface area (Å²) in [5, 5.41) is 8.81. The lowest BCUT2D eigenvalue weighted by molar-refractivity contribution is -0.130. The summed E-state index contributed by atoms with van der Waals surface area (Å²) in [4.78, 5) is 22.8. The van der Waals surface area contributed by atoms with Crippen molar-refractivity contribution in [2.75, 3.05) is 0 Å². The van der Waals surface area contributed by atoms with Crippen LogP contribution in [0.5, 0.6) is 5.75 Å². The van der Waals surface area contributed by atoms with Crippen molar-refractivity contribution in [1.82, 2.24) is 0 Å². The average Bonchev–Trinajstić information content (AvgIpc) is 2.92. The number of ether oxygens (including phenoxy) is 1. The van der Waals surface area contributed by atoms with E-state index in [1.54, 1.807) is 0 Å². The van der Waals surface area contributed by atoms with Gasteiger partial charge in [-0.25, -0.2) is 9.59 Å². The van der Waals surface area contributed by atoms with Crippen LogP contribution in [0.4, 0.5) is 0 Å². The molecule has 104 valence electrons. The average molecular weight is 280 g/mol. The van der Waals surface area contributed by atoms with E-state index in [9.17, 15) is 9.59 Å². The smallest absolute Gasteiger partial charge is 0.339 e. The molecule has 3 rings (SSSR count). The highest BCUT2D eigenvalue weighted by Crippen LogP contribution is 2.26. The van der Waals surface area contributed by atoms with E-state index in [-0.39, 0.29) is 5.56 Å². The zero-order valence-corrected chi connectivity index (χ0v) is 11.1. The third-order valence-electron chi connectivity index (χ3n) is 3.34. The van der Waals surface area contributed by atoms with Crippen LogP contribution in [0.1, 0.15) is 21.5 Å². The van der Waals surface area contributed by atoms with Gasteiger partial charge in [0.15, 0.2) is 0 Å². The molecule has 1 aliphatic rings. The minimum Gasteiger partial charge on any atom is -0.478 e. The Hall–Kier alpha value is -2.88. The number of carbonyl (C=O) groups is 2. The van der Waals surface area contributed by atoms with Crippen LogP contribution < -0.4 is 4.74 Å². The van der Waals surface area contributed by atoms with Crippen molar-refractivity contribution in [1.29, 1.82) is 0 Å². The first-order chi connectivity index (χ1) is 10.1. The SMILES string of the molecule is O=C(Oc1ccc(C(=O)O)cc1)C1=Cc2ccccc2C1. The van der Waals surface area contributed by atoms with Crippen LogP contribution in [0.25, 0.3) is 6.08 Å². The maximum atomic E-state index is 12.1. The lowest BCUT2D eigenvalue weighted by Crippen LogP contribution is -2.11. The first-order valence-electron chi connectivity index (χ1n) is 6.47. The van der Waals surface area contributed by atoms with Gasteiger partial charge in [0.1, 0.15) is 5.75 Å². The number of carboxylic acids is 1. The van der Waals surface area contributed by atoms with Gasteiger partial charge in [-0.05, 0) is 41.5 Å². The maximum Gasteiger partial charge on any atom is 0.339 e. The Morgan fingerprint density at radius 3 is 2.38 bits per heavy atom. The molecule has 0 spiro atoms. The number of hydrogen-bond donors (Lipinski definition) is 1. The summed E-state index contributed by atoms with van der Waals surface area (Å²) in [5.41, 5.74) is 2.89. The van der Waals surface area contributed by atoms with Gasteiger partial charge in [-0.2, -0.15) is 0 Å². The fraction of sp³-hybridized carbons (Fsp3) is 0.0588. The third kappa shape index (κ3) is 2.69. The molecule has 2 aromatic rings. The minimum atomic E-state index is -1.01. The van der Waals surface area contributed by atoms with Gasteiger partial charge >= 0.3 is 11.9 Å². The van der Waals surface area contributed by atoms with Gasteiger partial charge in [-0.1, -0.05) is 24.3 Å². The summed E-state index contributed by atoms with van der Waals surface area (Å²) in [6.07, 6.45) is 2.38. The molecule has 0 heterocycles. The molecule has 0 radical (unpaired) electrons. The first-order valence-corrected chi connectivity index (χ1v) is 6.47. The van der Waals surface area contributed by atoms with Crippen LogP contribution in [0, 0.1) is 0 Å². The Bertz CT molecular complexity index is 742. The van der Waals surface area contributed by atoms with E-state index in [0.717, 1.165) is 11.1 Å². The number of fused-ring (bicyclic) bond motifs is 1. The highest BCUT2D eigenvalue weighted by molar-refractivity contribution is 5.98. The molecule has 0 aromatic heterocycles. The van der Waals surface area contributed by atoms with Crippen molar-refractivity contribution >= 4 is 18.0 Å². The largest absolute Gasteiger partial charge is 0.478 e. The van der Waals surface area contributed by atoms with Crippen molar-refractivity contribution in [3.63, 3.8) is 0 Å². The predicted octanol–water partition coefficient (Wildman–Crippen LogP) is 2.93. The number of aromatic carboxylic acids is 1. The Morgan fingerprint density at radius 2 is 1.71 bits per heavy atom. The number of hydrogen-bond acceptors (Lipinski definition) is 3. The quantitative estimate of drug-likeness (QED) is 0.693. The number of carbonyl (C=O) groups excluding carboxylic acids is 1. The summed E-state index contributed by atoms with van der Waals surface area (Å²) in [5.74, 6) is -1.09.